The summed E-state index contributed by atoms with van der Waals surface area (Å²) in [5.74, 6) is 0. The standard InChI is InChI=1S/C49H32N2/c1-31-19-25-47-44(27-31)42-23-20-33(32-21-26-48-45(28-32)41-17-9-10-18-46(41)50(48)34-11-3-2-4-12-34)29-49(42)51(47)35-22-24-40-38-15-6-5-13-36(38)37-14-7-8-16-39(37)43(40)30-35/h2-30H,1H3. The zero-order valence-electron chi connectivity index (χ0n) is 28.1. The maximum absolute atomic E-state index is 2.47. The van der Waals surface area contributed by atoms with Crippen molar-refractivity contribution >= 4 is 75.9 Å². The van der Waals surface area contributed by atoms with E-state index in [0.29, 0.717) is 0 Å². The molecule has 0 aliphatic heterocycles. The summed E-state index contributed by atoms with van der Waals surface area (Å²) < 4.78 is 4.85. The van der Waals surface area contributed by atoms with Crippen LogP contribution in [-0.2, 0) is 0 Å². The fraction of sp³-hybridized carbons (Fsp3) is 0.0204. The zero-order chi connectivity index (χ0) is 33.6. The van der Waals surface area contributed by atoms with Gasteiger partial charge in [0.25, 0.3) is 0 Å². The van der Waals surface area contributed by atoms with Gasteiger partial charge in [-0.25, -0.2) is 0 Å². The van der Waals surface area contributed by atoms with Gasteiger partial charge in [-0.15, -0.1) is 0 Å². The van der Waals surface area contributed by atoms with Gasteiger partial charge >= 0.3 is 0 Å². The Hall–Kier alpha value is -6.64. The molecule has 0 spiro atoms. The van der Waals surface area contributed by atoms with Crippen molar-refractivity contribution in [2.75, 3.05) is 0 Å². The van der Waals surface area contributed by atoms with Crippen LogP contribution in [0.4, 0.5) is 0 Å². The molecule has 0 aliphatic rings. The lowest BCUT2D eigenvalue weighted by molar-refractivity contribution is 1.18. The maximum atomic E-state index is 2.47. The van der Waals surface area contributed by atoms with E-state index in [9.17, 15) is 0 Å². The third-order valence-corrected chi connectivity index (χ3v) is 10.9. The molecule has 0 unspecified atom stereocenters. The quantitative estimate of drug-likeness (QED) is 0.169. The van der Waals surface area contributed by atoms with Crippen LogP contribution in [0.1, 0.15) is 5.56 Å². The minimum absolute atomic E-state index is 1.17. The number of hydrogen-bond donors (Lipinski definition) is 0. The highest BCUT2D eigenvalue weighted by molar-refractivity contribution is 6.25. The second-order valence-corrected chi connectivity index (χ2v) is 13.8. The second kappa shape index (κ2) is 10.7. The number of rotatable bonds is 3. The van der Waals surface area contributed by atoms with Crippen molar-refractivity contribution in [3.05, 3.63) is 181 Å². The number of aryl methyl sites for hydroxylation is 1. The lowest BCUT2D eigenvalue weighted by Crippen LogP contribution is -1.95. The molecule has 2 nitrogen and oxygen atoms in total. The van der Waals surface area contributed by atoms with Crippen LogP contribution in [0.25, 0.3) is 98.4 Å². The summed E-state index contributed by atoms with van der Waals surface area (Å²) in [6.45, 7) is 2.19. The van der Waals surface area contributed by atoms with E-state index in [1.807, 2.05) is 0 Å². The van der Waals surface area contributed by atoms with E-state index in [4.69, 9.17) is 0 Å². The smallest absolute Gasteiger partial charge is 0.0547 e. The highest BCUT2D eigenvalue weighted by Crippen LogP contribution is 2.40. The second-order valence-electron chi connectivity index (χ2n) is 13.8. The molecule has 0 N–H and O–H groups in total. The van der Waals surface area contributed by atoms with Crippen LogP contribution in [0, 0.1) is 6.92 Å². The van der Waals surface area contributed by atoms with Crippen molar-refractivity contribution < 1.29 is 0 Å². The molecule has 0 saturated carbocycles. The first kappa shape index (κ1) is 28.2. The van der Waals surface area contributed by atoms with Gasteiger partial charge in [-0.05, 0) is 111 Å². The summed E-state index contributed by atoms with van der Waals surface area (Å²) in [6.07, 6.45) is 0. The van der Waals surface area contributed by atoms with E-state index >= 15 is 0 Å². The molecule has 0 saturated heterocycles. The van der Waals surface area contributed by atoms with Crippen molar-refractivity contribution in [2.24, 2.45) is 0 Å². The highest BCUT2D eigenvalue weighted by atomic mass is 15.0. The van der Waals surface area contributed by atoms with Gasteiger partial charge in [0.15, 0.2) is 0 Å². The Balaban J connectivity index is 1.16. The number of fused-ring (bicyclic) bond motifs is 12. The Labute approximate surface area is 295 Å². The molecule has 238 valence electrons. The molecule has 2 heterocycles. The molecule has 0 bridgehead atoms. The SMILES string of the molecule is Cc1ccc2c(c1)c1ccc(-c3ccc4c(c3)c3ccccc3n4-c3ccccc3)cc1n2-c1ccc2c3ccccc3c3ccccc3c2c1. The van der Waals surface area contributed by atoms with Crippen molar-refractivity contribution in [3.8, 4) is 22.5 Å². The van der Waals surface area contributed by atoms with Crippen LogP contribution < -0.4 is 0 Å². The molecule has 9 aromatic carbocycles. The van der Waals surface area contributed by atoms with Crippen molar-refractivity contribution in [1.29, 1.82) is 0 Å². The third-order valence-electron chi connectivity index (χ3n) is 10.9. The zero-order valence-corrected chi connectivity index (χ0v) is 28.1. The largest absolute Gasteiger partial charge is 0.309 e. The highest BCUT2D eigenvalue weighted by Gasteiger charge is 2.17. The van der Waals surface area contributed by atoms with Crippen LogP contribution in [0.15, 0.2) is 176 Å². The predicted molar refractivity (Wildman–Crippen MR) is 218 cm³/mol. The average molecular weight is 649 g/mol. The molecule has 0 fully saturated rings. The maximum Gasteiger partial charge on any atom is 0.0547 e. The normalized spacial score (nSPS) is 12.0. The van der Waals surface area contributed by atoms with Crippen molar-refractivity contribution in [1.82, 2.24) is 9.13 Å². The Bertz CT molecular complexity index is 3160. The Morgan fingerprint density at radius 2 is 0.765 bits per heavy atom. The number of nitrogens with zero attached hydrogens (tertiary/aromatic N) is 2. The number of benzene rings is 9. The first-order valence-electron chi connectivity index (χ1n) is 17.7. The Kier molecular flexibility index (Phi) is 5.91. The monoisotopic (exact) mass is 648 g/mol. The van der Waals surface area contributed by atoms with Gasteiger partial charge in [-0.1, -0.05) is 121 Å². The van der Waals surface area contributed by atoms with Crippen LogP contribution in [0.2, 0.25) is 0 Å². The first-order chi connectivity index (χ1) is 25.2. The molecule has 11 rings (SSSR count). The molecule has 0 atom stereocenters. The van der Waals surface area contributed by atoms with E-state index < -0.39 is 0 Å². The van der Waals surface area contributed by atoms with Crippen molar-refractivity contribution in [2.45, 2.75) is 6.92 Å². The first-order valence-corrected chi connectivity index (χ1v) is 17.7. The predicted octanol–water partition coefficient (Wildman–Crippen LogP) is 13.3. The van der Waals surface area contributed by atoms with E-state index in [2.05, 4.69) is 192 Å². The lowest BCUT2D eigenvalue weighted by Gasteiger charge is -2.14. The summed E-state index contributed by atoms with van der Waals surface area (Å²) in [6, 6.07) is 64.9. The topological polar surface area (TPSA) is 9.86 Å². The molecule has 0 amide bonds. The molecule has 0 aliphatic carbocycles. The third kappa shape index (κ3) is 4.11. The van der Waals surface area contributed by atoms with Gasteiger partial charge in [-0.2, -0.15) is 0 Å². The number of aromatic nitrogens is 2. The number of para-hydroxylation sites is 2. The Morgan fingerprint density at radius 1 is 0.275 bits per heavy atom. The van der Waals surface area contributed by atoms with Crippen molar-refractivity contribution in [3.63, 3.8) is 0 Å². The Morgan fingerprint density at radius 3 is 1.51 bits per heavy atom. The van der Waals surface area contributed by atoms with Gasteiger partial charge in [0.1, 0.15) is 0 Å². The van der Waals surface area contributed by atoms with Gasteiger partial charge in [0.05, 0.1) is 22.1 Å². The molecule has 0 radical (unpaired) electrons. The summed E-state index contributed by atoms with van der Waals surface area (Å²) in [4.78, 5) is 0. The minimum Gasteiger partial charge on any atom is -0.309 e. The molecule has 11 aromatic rings. The summed E-state index contributed by atoms with van der Waals surface area (Å²) in [5, 5.41) is 12.8. The van der Waals surface area contributed by atoms with Gasteiger partial charge in [0, 0.05) is 32.9 Å². The van der Waals surface area contributed by atoms with Crippen LogP contribution in [0.5, 0.6) is 0 Å². The average Bonchev–Trinajstić information content (AvgIpc) is 3.70. The summed E-state index contributed by atoms with van der Waals surface area (Å²) >= 11 is 0. The molecular formula is C49H32N2. The molecular weight excluding hydrogens is 617 g/mol. The number of hydrogen-bond acceptors (Lipinski definition) is 0. The fourth-order valence-electron chi connectivity index (χ4n) is 8.63. The van der Waals surface area contributed by atoms with E-state index in [1.165, 1.54) is 104 Å². The van der Waals surface area contributed by atoms with E-state index in [-0.39, 0.29) is 0 Å². The van der Waals surface area contributed by atoms with Gasteiger partial charge < -0.3 is 9.13 Å². The van der Waals surface area contributed by atoms with Gasteiger partial charge in [-0.3, -0.25) is 0 Å². The van der Waals surface area contributed by atoms with E-state index in [1.54, 1.807) is 0 Å². The van der Waals surface area contributed by atoms with Crippen LogP contribution in [0.3, 0.4) is 0 Å². The van der Waals surface area contributed by atoms with E-state index in [0.717, 1.165) is 0 Å². The fourth-order valence-corrected chi connectivity index (χ4v) is 8.63. The van der Waals surface area contributed by atoms with Crippen LogP contribution in [-0.4, -0.2) is 9.13 Å². The lowest BCUT2D eigenvalue weighted by atomic mass is 9.94. The van der Waals surface area contributed by atoms with Crippen LogP contribution >= 0.6 is 0 Å². The summed E-state index contributed by atoms with van der Waals surface area (Å²) in [7, 11) is 0. The molecule has 2 heteroatoms. The summed E-state index contributed by atoms with van der Waals surface area (Å²) in [5.41, 5.74) is 10.9. The van der Waals surface area contributed by atoms with Gasteiger partial charge in [0.2, 0.25) is 0 Å². The minimum atomic E-state index is 1.17. The molecule has 2 aromatic heterocycles. The molecule has 51 heavy (non-hydrogen) atoms.